The maximum atomic E-state index is 10.1. The van der Waals surface area contributed by atoms with Crippen molar-refractivity contribution >= 4 is 0 Å². The van der Waals surface area contributed by atoms with E-state index in [0.717, 1.165) is 25.7 Å². The lowest BCUT2D eigenvalue weighted by molar-refractivity contribution is -0.00329. The molecule has 0 aliphatic carbocycles. The molecule has 0 radical (unpaired) electrons. The Morgan fingerprint density at radius 3 is 2.43 bits per heavy atom. The van der Waals surface area contributed by atoms with Gasteiger partial charge in [-0.15, -0.1) is 6.58 Å². The maximum absolute atomic E-state index is 10.1. The molecule has 0 aromatic carbocycles. The Bertz CT molecular complexity index is 168. The summed E-state index contributed by atoms with van der Waals surface area (Å²) in [6.07, 6.45) is 5.50. The van der Waals surface area contributed by atoms with Crippen LogP contribution in [0.4, 0.5) is 0 Å². The molecule has 0 aliphatic rings. The van der Waals surface area contributed by atoms with Crippen molar-refractivity contribution in [2.45, 2.75) is 51.2 Å². The predicted molar refractivity (Wildman–Crippen MR) is 62.4 cm³/mol. The van der Waals surface area contributed by atoms with Crippen molar-refractivity contribution < 1.29 is 5.11 Å². The van der Waals surface area contributed by atoms with Gasteiger partial charge in [-0.1, -0.05) is 13.0 Å². The summed E-state index contributed by atoms with van der Waals surface area (Å²) in [4.78, 5) is 2.12. The van der Waals surface area contributed by atoms with Crippen LogP contribution in [0.25, 0.3) is 0 Å². The lowest BCUT2D eigenvalue weighted by Gasteiger charge is -2.40. The Morgan fingerprint density at radius 1 is 1.50 bits per heavy atom. The molecule has 0 spiro atoms. The second-order valence-corrected chi connectivity index (χ2v) is 4.34. The monoisotopic (exact) mass is 199 g/mol. The Balaban J connectivity index is 4.16. The van der Waals surface area contributed by atoms with Crippen molar-refractivity contribution in [3.8, 4) is 0 Å². The molecule has 0 amide bonds. The fourth-order valence-electron chi connectivity index (χ4n) is 1.62. The number of aliphatic hydroxyl groups is 1. The van der Waals surface area contributed by atoms with Crippen molar-refractivity contribution in [3.63, 3.8) is 0 Å². The van der Waals surface area contributed by atoms with Gasteiger partial charge in [-0.2, -0.15) is 0 Å². The molecule has 0 bridgehead atoms. The number of hydrogen-bond acceptors (Lipinski definition) is 2. The lowest BCUT2D eigenvalue weighted by Crippen LogP contribution is -2.50. The van der Waals surface area contributed by atoms with Gasteiger partial charge in [0.05, 0.1) is 6.10 Å². The topological polar surface area (TPSA) is 23.5 Å². The molecular formula is C12H25NO. The lowest BCUT2D eigenvalue weighted by atomic mass is 9.87. The average Bonchev–Trinajstić information content (AvgIpc) is 2.16. The zero-order valence-electron chi connectivity index (χ0n) is 10.1. The van der Waals surface area contributed by atoms with Crippen molar-refractivity contribution in [3.05, 3.63) is 12.7 Å². The Labute approximate surface area is 88.6 Å². The Kier molecular flexibility index (Phi) is 6.05. The molecule has 0 aromatic heterocycles. The molecule has 2 unspecified atom stereocenters. The third-order valence-corrected chi connectivity index (χ3v) is 3.34. The van der Waals surface area contributed by atoms with Gasteiger partial charge in [-0.25, -0.2) is 0 Å². The van der Waals surface area contributed by atoms with E-state index in [1.165, 1.54) is 0 Å². The molecule has 0 aliphatic heterocycles. The normalized spacial score (nSPS) is 17.9. The van der Waals surface area contributed by atoms with E-state index in [2.05, 4.69) is 25.3 Å². The maximum Gasteiger partial charge on any atom is 0.0720 e. The van der Waals surface area contributed by atoms with Gasteiger partial charge in [-0.05, 0) is 46.7 Å². The SMILES string of the molecule is C=CCCCC(O)C(C)(CC)N(C)C. The number of rotatable bonds is 7. The highest BCUT2D eigenvalue weighted by Gasteiger charge is 2.32. The highest BCUT2D eigenvalue weighted by molar-refractivity contribution is 4.89. The Morgan fingerprint density at radius 2 is 2.07 bits per heavy atom. The van der Waals surface area contributed by atoms with Crippen LogP contribution in [0.3, 0.4) is 0 Å². The molecule has 0 aromatic rings. The Hall–Kier alpha value is -0.340. The van der Waals surface area contributed by atoms with Gasteiger partial charge in [0.2, 0.25) is 0 Å². The van der Waals surface area contributed by atoms with Gasteiger partial charge in [0.1, 0.15) is 0 Å². The molecular weight excluding hydrogens is 174 g/mol. The largest absolute Gasteiger partial charge is 0.391 e. The van der Waals surface area contributed by atoms with Crippen LogP contribution < -0.4 is 0 Å². The smallest absolute Gasteiger partial charge is 0.0720 e. The van der Waals surface area contributed by atoms with Gasteiger partial charge in [0.25, 0.3) is 0 Å². The second kappa shape index (κ2) is 6.20. The second-order valence-electron chi connectivity index (χ2n) is 4.34. The summed E-state index contributed by atoms with van der Waals surface area (Å²) in [5, 5.41) is 10.1. The van der Waals surface area contributed by atoms with E-state index in [1.807, 2.05) is 20.2 Å². The predicted octanol–water partition coefficient (Wildman–Crippen LogP) is 2.43. The minimum atomic E-state index is -0.248. The molecule has 0 heterocycles. The van der Waals surface area contributed by atoms with Gasteiger partial charge in [0.15, 0.2) is 0 Å². The van der Waals surface area contributed by atoms with E-state index in [1.54, 1.807) is 0 Å². The number of likely N-dealkylation sites (N-methyl/N-ethyl adjacent to an activating group) is 1. The first-order valence-corrected chi connectivity index (χ1v) is 5.45. The van der Waals surface area contributed by atoms with Crippen LogP contribution in [0, 0.1) is 0 Å². The molecule has 84 valence electrons. The van der Waals surface area contributed by atoms with Gasteiger partial charge in [0, 0.05) is 5.54 Å². The van der Waals surface area contributed by atoms with Crippen LogP contribution in [0.5, 0.6) is 0 Å². The molecule has 2 atom stereocenters. The highest BCUT2D eigenvalue weighted by atomic mass is 16.3. The van der Waals surface area contributed by atoms with Crippen molar-refractivity contribution in [1.29, 1.82) is 0 Å². The summed E-state index contributed by atoms with van der Waals surface area (Å²) in [6, 6.07) is 0. The van der Waals surface area contributed by atoms with Crippen molar-refractivity contribution in [1.82, 2.24) is 4.90 Å². The molecule has 0 fully saturated rings. The summed E-state index contributed by atoms with van der Waals surface area (Å²) in [5.41, 5.74) is -0.0961. The van der Waals surface area contributed by atoms with Crippen LogP contribution in [0.2, 0.25) is 0 Å². The first-order valence-electron chi connectivity index (χ1n) is 5.45. The van der Waals surface area contributed by atoms with Gasteiger partial charge in [-0.3, -0.25) is 0 Å². The molecule has 0 rings (SSSR count). The number of unbranched alkanes of at least 4 members (excludes halogenated alkanes) is 1. The van der Waals surface area contributed by atoms with Crippen molar-refractivity contribution in [2.75, 3.05) is 14.1 Å². The minimum absolute atomic E-state index is 0.0961. The zero-order chi connectivity index (χ0) is 11.2. The van der Waals surface area contributed by atoms with Gasteiger partial charge >= 0.3 is 0 Å². The van der Waals surface area contributed by atoms with Crippen molar-refractivity contribution in [2.24, 2.45) is 0 Å². The molecule has 2 nitrogen and oxygen atoms in total. The fraction of sp³-hybridized carbons (Fsp3) is 0.833. The summed E-state index contributed by atoms with van der Waals surface area (Å²) >= 11 is 0. The number of aliphatic hydroxyl groups excluding tert-OH is 1. The molecule has 14 heavy (non-hydrogen) atoms. The molecule has 0 saturated heterocycles. The van der Waals surface area contributed by atoms with Crippen LogP contribution in [0.1, 0.15) is 39.5 Å². The van der Waals surface area contributed by atoms with E-state index in [-0.39, 0.29) is 11.6 Å². The third-order valence-electron chi connectivity index (χ3n) is 3.34. The average molecular weight is 199 g/mol. The van der Waals surface area contributed by atoms with Crippen LogP contribution in [0.15, 0.2) is 12.7 Å². The summed E-state index contributed by atoms with van der Waals surface area (Å²) < 4.78 is 0. The first-order chi connectivity index (χ1) is 6.49. The molecule has 1 N–H and O–H groups in total. The quantitative estimate of drug-likeness (QED) is 0.503. The summed E-state index contributed by atoms with van der Waals surface area (Å²) in [7, 11) is 4.06. The van der Waals surface area contributed by atoms with E-state index < -0.39 is 0 Å². The van der Waals surface area contributed by atoms with Crippen LogP contribution in [-0.4, -0.2) is 35.7 Å². The molecule has 0 saturated carbocycles. The number of nitrogens with zero attached hydrogens (tertiary/aromatic N) is 1. The van der Waals surface area contributed by atoms with Crippen LogP contribution >= 0.6 is 0 Å². The zero-order valence-corrected chi connectivity index (χ0v) is 10.1. The number of allylic oxidation sites excluding steroid dienone is 1. The highest BCUT2D eigenvalue weighted by Crippen LogP contribution is 2.24. The van der Waals surface area contributed by atoms with E-state index >= 15 is 0 Å². The van der Waals surface area contributed by atoms with E-state index in [9.17, 15) is 5.11 Å². The van der Waals surface area contributed by atoms with Crippen LogP contribution in [-0.2, 0) is 0 Å². The van der Waals surface area contributed by atoms with E-state index in [0.29, 0.717) is 0 Å². The summed E-state index contributed by atoms with van der Waals surface area (Å²) in [6.45, 7) is 7.92. The third kappa shape index (κ3) is 3.43. The molecule has 2 heteroatoms. The first kappa shape index (κ1) is 13.7. The summed E-state index contributed by atoms with van der Waals surface area (Å²) in [5.74, 6) is 0. The minimum Gasteiger partial charge on any atom is -0.391 e. The van der Waals surface area contributed by atoms with E-state index in [4.69, 9.17) is 0 Å². The standard InChI is InChI=1S/C12H25NO/c1-6-8-9-10-11(14)12(3,7-2)13(4)5/h6,11,14H,1,7-10H2,2-5H3. The fourth-order valence-corrected chi connectivity index (χ4v) is 1.62. The number of hydrogen-bond donors (Lipinski definition) is 1. The van der Waals surface area contributed by atoms with Gasteiger partial charge < -0.3 is 10.0 Å².